The molecule has 2 aromatic rings. The first kappa shape index (κ1) is 17.1. The number of nitrogens with one attached hydrogen (secondary N) is 1. The van der Waals surface area contributed by atoms with Crippen molar-refractivity contribution in [3.8, 4) is 0 Å². The van der Waals surface area contributed by atoms with Gasteiger partial charge in [-0.3, -0.25) is 4.79 Å². The summed E-state index contributed by atoms with van der Waals surface area (Å²) in [4.78, 5) is 11.9. The Kier molecular flexibility index (Phi) is 6.56. The number of nitrogens with zero attached hydrogens (tertiary/aromatic N) is 1. The molecule has 0 unspecified atom stereocenters. The van der Waals surface area contributed by atoms with Crippen LogP contribution in [0.4, 0.5) is 5.69 Å². The number of anilines is 1. The van der Waals surface area contributed by atoms with Crippen LogP contribution < -0.4 is 22.3 Å². The molecule has 0 saturated carbocycles. The monoisotopic (exact) mass is 350 g/mol. The van der Waals surface area contributed by atoms with Crippen LogP contribution in [0.5, 0.6) is 0 Å². The predicted octanol–water partition coefficient (Wildman–Crippen LogP) is 0.577. The first-order chi connectivity index (χ1) is 9.06. The average molecular weight is 352 g/mol. The van der Waals surface area contributed by atoms with Crippen molar-refractivity contribution in [1.82, 2.24) is 0 Å². The molecule has 0 aliphatic rings. The topological polar surface area (TPSA) is 33.0 Å². The zero-order valence-electron chi connectivity index (χ0n) is 10.1. The number of pyridine rings is 1. The number of carbonyl (C=O) groups is 1. The Morgan fingerprint density at radius 1 is 1.05 bits per heavy atom. The summed E-state index contributed by atoms with van der Waals surface area (Å²) in [6.07, 6.45) is 3.59. The third kappa shape index (κ3) is 4.53. The minimum atomic E-state index is -0.220. The van der Waals surface area contributed by atoms with Crippen molar-refractivity contribution in [3.05, 3.63) is 57.8 Å². The fourth-order valence-electron chi connectivity index (χ4n) is 1.55. The van der Waals surface area contributed by atoms with E-state index in [1.54, 1.807) is 17.0 Å². The van der Waals surface area contributed by atoms with E-state index in [0.717, 1.165) is 0 Å². The fourth-order valence-corrected chi connectivity index (χ4v) is 2.46. The van der Waals surface area contributed by atoms with Gasteiger partial charge >= 0.3 is 0 Å². The van der Waals surface area contributed by atoms with Crippen molar-refractivity contribution in [1.29, 1.82) is 0 Å². The molecule has 106 valence electrons. The zero-order valence-corrected chi connectivity index (χ0v) is 13.1. The molecule has 0 atom stereocenters. The summed E-state index contributed by atoms with van der Waals surface area (Å²) >= 11 is 17.8. The van der Waals surface area contributed by atoms with Crippen LogP contribution in [0.25, 0.3) is 0 Å². The van der Waals surface area contributed by atoms with Crippen molar-refractivity contribution < 1.29 is 21.8 Å². The lowest BCUT2D eigenvalue weighted by Crippen LogP contribution is -3.00. The highest BCUT2D eigenvalue weighted by Gasteiger charge is 2.14. The second-order valence-electron chi connectivity index (χ2n) is 3.84. The van der Waals surface area contributed by atoms with E-state index in [2.05, 4.69) is 5.32 Å². The molecule has 0 spiro atoms. The van der Waals surface area contributed by atoms with Crippen molar-refractivity contribution in [2.45, 2.75) is 6.54 Å². The first-order valence-electron chi connectivity index (χ1n) is 5.45. The molecule has 0 aliphatic carbocycles. The van der Waals surface area contributed by atoms with E-state index in [4.69, 9.17) is 34.8 Å². The maximum Gasteiger partial charge on any atom is 0.290 e. The fraction of sp³-hybridized carbons (Fsp3) is 0.0769. The smallest absolute Gasteiger partial charge is 0.290 e. The Morgan fingerprint density at radius 2 is 1.60 bits per heavy atom. The predicted molar refractivity (Wildman–Crippen MR) is 76.7 cm³/mol. The second kappa shape index (κ2) is 7.70. The van der Waals surface area contributed by atoms with Gasteiger partial charge < -0.3 is 17.7 Å². The lowest BCUT2D eigenvalue weighted by Gasteiger charge is -2.08. The third-order valence-electron chi connectivity index (χ3n) is 2.37. The lowest BCUT2D eigenvalue weighted by molar-refractivity contribution is -0.684. The maximum absolute atomic E-state index is 11.9. The van der Waals surface area contributed by atoms with Gasteiger partial charge in [0.25, 0.3) is 5.91 Å². The number of amides is 1. The standard InChI is InChI=1S/C13H9Cl3N2O.ClH/c14-9-6-10(15)13(11(16)7-9)17-12(19)8-18-4-2-1-3-5-18;/h1-7H,8H2;1H. The van der Waals surface area contributed by atoms with E-state index in [1.807, 2.05) is 18.2 Å². The van der Waals surface area contributed by atoms with Crippen LogP contribution >= 0.6 is 34.8 Å². The molecule has 1 N–H and O–H groups in total. The number of aromatic nitrogens is 1. The highest BCUT2D eigenvalue weighted by Crippen LogP contribution is 2.33. The molecule has 1 amide bonds. The molecular formula is C13H10Cl4N2O. The number of rotatable bonds is 3. The minimum absolute atomic E-state index is 0. The van der Waals surface area contributed by atoms with Gasteiger partial charge in [-0.15, -0.1) is 0 Å². The Hall–Kier alpha value is -1.000. The van der Waals surface area contributed by atoms with Gasteiger partial charge in [0, 0.05) is 17.2 Å². The van der Waals surface area contributed by atoms with E-state index < -0.39 is 0 Å². The number of halogens is 4. The number of carbonyl (C=O) groups excluding carboxylic acids is 1. The Labute approximate surface area is 137 Å². The molecule has 3 nitrogen and oxygen atoms in total. The summed E-state index contributed by atoms with van der Waals surface area (Å²) in [5, 5.41) is 3.71. The third-order valence-corrected chi connectivity index (χ3v) is 3.19. The van der Waals surface area contributed by atoms with Gasteiger partial charge in [0.2, 0.25) is 6.54 Å². The molecule has 1 aromatic heterocycles. The van der Waals surface area contributed by atoms with Crippen LogP contribution in [0, 0.1) is 0 Å². The van der Waals surface area contributed by atoms with Crippen molar-refractivity contribution in [2.24, 2.45) is 0 Å². The Morgan fingerprint density at radius 3 is 2.15 bits per heavy atom. The van der Waals surface area contributed by atoms with Crippen molar-refractivity contribution in [3.63, 3.8) is 0 Å². The molecule has 7 heteroatoms. The molecule has 0 bridgehead atoms. The number of hydrogen-bond acceptors (Lipinski definition) is 1. The largest absolute Gasteiger partial charge is 1.00 e. The lowest BCUT2D eigenvalue weighted by atomic mass is 10.3. The molecule has 1 heterocycles. The first-order valence-corrected chi connectivity index (χ1v) is 6.58. The summed E-state index contributed by atoms with van der Waals surface area (Å²) in [6.45, 7) is 0.177. The highest BCUT2D eigenvalue weighted by molar-refractivity contribution is 6.42. The van der Waals surface area contributed by atoms with Crippen molar-refractivity contribution in [2.75, 3.05) is 5.32 Å². The van der Waals surface area contributed by atoms with E-state index >= 15 is 0 Å². The van der Waals surface area contributed by atoms with Crippen LogP contribution in [0.15, 0.2) is 42.7 Å². The zero-order chi connectivity index (χ0) is 13.8. The average Bonchev–Trinajstić information content (AvgIpc) is 2.35. The van der Waals surface area contributed by atoms with Crippen molar-refractivity contribution >= 4 is 46.4 Å². The number of hydrogen-bond donors (Lipinski definition) is 1. The summed E-state index contributed by atoms with van der Waals surface area (Å²) in [5.41, 5.74) is 0.370. The van der Waals surface area contributed by atoms with Gasteiger partial charge in [0.05, 0.1) is 15.7 Å². The minimum Gasteiger partial charge on any atom is -1.00 e. The van der Waals surface area contributed by atoms with E-state index in [-0.39, 0.29) is 24.9 Å². The molecule has 0 fully saturated rings. The normalized spacial score (nSPS) is 9.75. The van der Waals surface area contributed by atoms with Gasteiger partial charge in [0.15, 0.2) is 12.4 Å². The molecule has 1 aromatic carbocycles. The van der Waals surface area contributed by atoms with E-state index in [9.17, 15) is 4.79 Å². The highest BCUT2D eigenvalue weighted by atomic mass is 35.5. The van der Waals surface area contributed by atoms with Gasteiger partial charge in [-0.25, -0.2) is 0 Å². The van der Waals surface area contributed by atoms with Crippen LogP contribution in [0.2, 0.25) is 15.1 Å². The van der Waals surface area contributed by atoms with Gasteiger partial charge in [-0.2, -0.15) is 4.57 Å². The second-order valence-corrected chi connectivity index (χ2v) is 5.09. The summed E-state index contributed by atoms with van der Waals surface area (Å²) < 4.78 is 1.74. The summed E-state index contributed by atoms with van der Waals surface area (Å²) in [7, 11) is 0. The van der Waals surface area contributed by atoms with Gasteiger partial charge in [0.1, 0.15) is 0 Å². The molecule has 20 heavy (non-hydrogen) atoms. The van der Waals surface area contributed by atoms with Crippen LogP contribution in [0.1, 0.15) is 0 Å². The van der Waals surface area contributed by atoms with Crippen LogP contribution in [-0.2, 0) is 11.3 Å². The van der Waals surface area contributed by atoms with Gasteiger partial charge in [-0.1, -0.05) is 40.9 Å². The molecular weight excluding hydrogens is 342 g/mol. The Balaban J connectivity index is 0.00000200. The Bertz CT molecular complexity index is 582. The summed E-state index contributed by atoms with van der Waals surface area (Å²) in [6, 6.07) is 8.62. The molecule has 0 radical (unpaired) electrons. The van der Waals surface area contributed by atoms with E-state index in [0.29, 0.717) is 20.8 Å². The maximum atomic E-state index is 11.9. The number of benzene rings is 1. The van der Waals surface area contributed by atoms with Crippen LogP contribution in [-0.4, -0.2) is 5.91 Å². The molecule has 0 aliphatic heterocycles. The van der Waals surface area contributed by atoms with E-state index in [1.165, 1.54) is 12.1 Å². The summed E-state index contributed by atoms with van der Waals surface area (Å²) in [5.74, 6) is -0.220. The SMILES string of the molecule is O=C(C[n+]1ccccc1)Nc1c(Cl)cc(Cl)cc1Cl.[Cl-]. The van der Waals surface area contributed by atoms with Gasteiger partial charge in [-0.05, 0) is 12.1 Å². The molecule has 0 saturated heterocycles. The molecule has 2 rings (SSSR count). The quantitative estimate of drug-likeness (QED) is 0.806. The van der Waals surface area contributed by atoms with Crippen LogP contribution in [0.3, 0.4) is 0 Å².